The van der Waals surface area contributed by atoms with Crippen LogP contribution in [0, 0.1) is 5.82 Å². The Kier molecular flexibility index (Phi) is 8.25. The molecule has 0 spiro atoms. The predicted molar refractivity (Wildman–Crippen MR) is 103 cm³/mol. The van der Waals surface area contributed by atoms with Crippen molar-refractivity contribution in [1.82, 2.24) is 5.32 Å². The van der Waals surface area contributed by atoms with Crippen LogP contribution in [0.25, 0.3) is 0 Å². The summed E-state index contributed by atoms with van der Waals surface area (Å²) >= 11 is 0.264. The van der Waals surface area contributed by atoms with Crippen molar-refractivity contribution in [2.75, 3.05) is 11.4 Å². The van der Waals surface area contributed by atoms with E-state index < -0.39 is 11.6 Å². The Bertz CT molecular complexity index is 575. The number of thioether (sulfide) groups is 1. The zero-order valence-electron chi connectivity index (χ0n) is 14.3. The smallest absolute Gasteiger partial charge is 0.289 e. The Morgan fingerprint density at radius 1 is 1.20 bits per heavy atom. The monoisotopic (exact) mass is 416 g/mol. The van der Waals surface area contributed by atoms with Crippen LogP contribution in [0.1, 0.15) is 39.5 Å². The van der Waals surface area contributed by atoms with Gasteiger partial charge in [-0.2, -0.15) is 8.78 Å². The quantitative estimate of drug-likeness (QED) is 0.656. The number of nitrogens with zero attached hydrogens (tertiary/aromatic N) is 1. The van der Waals surface area contributed by atoms with E-state index >= 15 is 0 Å². The topological polar surface area (TPSA) is 15.3 Å². The van der Waals surface area contributed by atoms with Gasteiger partial charge < -0.3 is 10.2 Å². The molecule has 1 aliphatic carbocycles. The second-order valence-electron chi connectivity index (χ2n) is 7.11. The fourth-order valence-corrected chi connectivity index (χ4v) is 4.40. The highest BCUT2D eigenvalue weighted by atomic mass is 35.5. The van der Waals surface area contributed by atoms with Crippen LogP contribution < -0.4 is 10.2 Å². The predicted octanol–water partition coefficient (Wildman–Crippen LogP) is 5.48. The van der Waals surface area contributed by atoms with Gasteiger partial charge >= 0.3 is 0 Å². The number of nitrogens with one attached hydrogen (secondary N) is 1. The van der Waals surface area contributed by atoms with Crippen LogP contribution in [0.5, 0.6) is 0 Å². The molecule has 2 atom stereocenters. The second-order valence-corrected chi connectivity index (χ2v) is 8.14. The SMILES string of the molecule is CC1(C)CN(c2ccc(SC(F)F)c(F)c2)[C@H]2CCCC[C@@H]2N1.Cl.Cl. The summed E-state index contributed by atoms with van der Waals surface area (Å²) in [5.74, 6) is -3.16. The maximum absolute atomic E-state index is 14.2. The van der Waals surface area contributed by atoms with Gasteiger partial charge in [-0.05, 0) is 44.9 Å². The van der Waals surface area contributed by atoms with E-state index in [4.69, 9.17) is 0 Å². The lowest BCUT2D eigenvalue weighted by Crippen LogP contribution is -2.67. The maximum atomic E-state index is 14.2. The highest BCUT2D eigenvalue weighted by Gasteiger charge is 2.40. The average molecular weight is 417 g/mol. The van der Waals surface area contributed by atoms with E-state index in [1.54, 1.807) is 6.07 Å². The number of rotatable bonds is 3. The van der Waals surface area contributed by atoms with Crippen molar-refractivity contribution in [2.24, 2.45) is 0 Å². The summed E-state index contributed by atoms with van der Waals surface area (Å²) in [5, 5.41) is 3.71. The Hall–Kier alpha value is -0.300. The largest absolute Gasteiger partial charge is 0.365 e. The van der Waals surface area contributed by atoms with Gasteiger partial charge in [0.05, 0.1) is 0 Å². The molecule has 1 N–H and O–H groups in total. The van der Waals surface area contributed by atoms with Crippen LogP contribution in [0.4, 0.5) is 18.9 Å². The normalized spacial score (nSPS) is 25.0. The maximum Gasteiger partial charge on any atom is 0.289 e. The van der Waals surface area contributed by atoms with Gasteiger partial charge in [0, 0.05) is 34.8 Å². The number of fused-ring (bicyclic) bond motifs is 1. The first-order valence-corrected chi connectivity index (χ1v) is 9.02. The van der Waals surface area contributed by atoms with Crippen LogP contribution in [0.15, 0.2) is 23.1 Å². The van der Waals surface area contributed by atoms with Gasteiger partial charge in [0.15, 0.2) is 0 Å². The highest BCUT2D eigenvalue weighted by molar-refractivity contribution is 7.99. The summed E-state index contributed by atoms with van der Waals surface area (Å²) in [7, 11) is 0. The van der Waals surface area contributed by atoms with Gasteiger partial charge in [0.1, 0.15) is 5.82 Å². The third-order valence-electron chi connectivity index (χ3n) is 4.73. The van der Waals surface area contributed by atoms with Crippen molar-refractivity contribution < 1.29 is 13.2 Å². The van der Waals surface area contributed by atoms with Crippen molar-refractivity contribution >= 4 is 42.3 Å². The first-order valence-electron chi connectivity index (χ1n) is 8.14. The number of piperazine rings is 1. The molecule has 2 aliphatic rings. The minimum absolute atomic E-state index is 0. The lowest BCUT2D eigenvalue weighted by atomic mass is 9.83. The average Bonchev–Trinajstić information content (AvgIpc) is 2.47. The lowest BCUT2D eigenvalue weighted by molar-refractivity contribution is 0.199. The molecule has 0 aromatic heterocycles. The van der Waals surface area contributed by atoms with Gasteiger partial charge in [-0.15, -0.1) is 24.8 Å². The minimum atomic E-state index is -2.60. The van der Waals surface area contributed by atoms with E-state index in [0.29, 0.717) is 12.1 Å². The van der Waals surface area contributed by atoms with E-state index in [9.17, 15) is 13.2 Å². The van der Waals surface area contributed by atoms with E-state index in [1.807, 2.05) is 0 Å². The van der Waals surface area contributed by atoms with Gasteiger partial charge in [-0.1, -0.05) is 24.6 Å². The molecule has 144 valence electrons. The van der Waals surface area contributed by atoms with Crippen molar-refractivity contribution in [2.45, 2.75) is 67.8 Å². The lowest BCUT2D eigenvalue weighted by Gasteiger charge is -2.52. The number of hydrogen-bond donors (Lipinski definition) is 1. The first kappa shape index (κ1) is 22.7. The Labute approximate surface area is 164 Å². The van der Waals surface area contributed by atoms with E-state index in [2.05, 4.69) is 24.1 Å². The molecule has 1 saturated carbocycles. The summed E-state index contributed by atoms with van der Waals surface area (Å²) in [4.78, 5) is 2.28. The van der Waals surface area contributed by atoms with Gasteiger partial charge in [0.2, 0.25) is 0 Å². The molecule has 0 bridgehead atoms. The molecule has 2 nitrogen and oxygen atoms in total. The molecule has 0 unspecified atom stereocenters. The Balaban J connectivity index is 0.00000156. The number of hydrogen-bond acceptors (Lipinski definition) is 3. The second kappa shape index (κ2) is 9.07. The molecular weight excluding hydrogens is 392 g/mol. The molecule has 1 saturated heterocycles. The zero-order valence-corrected chi connectivity index (χ0v) is 16.8. The summed E-state index contributed by atoms with van der Waals surface area (Å²) in [6.45, 7) is 5.10. The Morgan fingerprint density at radius 2 is 1.88 bits per heavy atom. The molecule has 1 aliphatic heterocycles. The highest BCUT2D eigenvalue weighted by Crippen LogP contribution is 2.36. The molecule has 0 amide bonds. The van der Waals surface area contributed by atoms with Gasteiger partial charge in [-0.25, -0.2) is 4.39 Å². The third kappa shape index (κ3) is 5.34. The molecule has 1 aromatic rings. The van der Waals surface area contributed by atoms with Crippen LogP contribution in [0.3, 0.4) is 0 Å². The molecule has 1 heterocycles. The molecule has 2 fully saturated rings. The standard InChI is InChI=1S/C17H23F3N2S.2ClH/c1-17(2)10-22(14-6-4-3-5-13(14)21-17)11-7-8-15(12(18)9-11)23-16(19)20;;/h7-9,13-14,16,21H,3-6,10H2,1-2H3;2*1H/t13-,14-;;/m0../s1. The summed E-state index contributed by atoms with van der Waals surface area (Å²) in [6, 6.07) is 5.43. The first-order chi connectivity index (χ1) is 10.9. The van der Waals surface area contributed by atoms with Crippen LogP contribution in [-0.4, -0.2) is 29.9 Å². The minimum Gasteiger partial charge on any atom is -0.365 e. The Morgan fingerprint density at radius 3 is 2.52 bits per heavy atom. The van der Waals surface area contributed by atoms with Crippen molar-refractivity contribution in [3.05, 3.63) is 24.0 Å². The molecule has 25 heavy (non-hydrogen) atoms. The summed E-state index contributed by atoms with van der Waals surface area (Å²) < 4.78 is 39.1. The zero-order chi connectivity index (χ0) is 16.6. The molecular formula is C17H25Cl2F3N2S. The number of anilines is 1. The molecule has 8 heteroatoms. The van der Waals surface area contributed by atoms with E-state index in [1.165, 1.54) is 25.0 Å². The van der Waals surface area contributed by atoms with Crippen molar-refractivity contribution in [3.63, 3.8) is 0 Å². The van der Waals surface area contributed by atoms with E-state index in [0.717, 1.165) is 25.1 Å². The summed E-state index contributed by atoms with van der Waals surface area (Å²) in [5.41, 5.74) is 0.748. The number of benzene rings is 1. The summed E-state index contributed by atoms with van der Waals surface area (Å²) in [6.07, 6.45) is 4.62. The van der Waals surface area contributed by atoms with Crippen molar-refractivity contribution in [1.29, 1.82) is 0 Å². The van der Waals surface area contributed by atoms with Gasteiger partial charge in [-0.3, -0.25) is 0 Å². The fourth-order valence-electron chi connectivity index (χ4n) is 3.89. The fraction of sp³-hybridized carbons (Fsp3) is 0.647. The van der Waals surface area contributed by atoms with E-state index in [-0.39, 0.29) is 47.0 Å². The van der Waals surface area contributed by atoms with Crippen LogP contribution in [-0.2, 0) is 0 Å². The van der Waals surface area contributed by atoms with Crippen molar-refractivity contribution in [3.8, 4) is 0 Å². The number of alkyl halides is 2. The van der Waals surface area contributed by atoms with Gasteiger partial charge in [0.25, 0.3) is 5.76 Å². The van der Waals surface area contributed by atoms with Crippen LogP contribution in [0.2, 0.25) is 0 Å². The number of halogens is 5. The van der Waals surface area contributed by atoms with Crippen LogP contribution >= 0.6 is 36.6 Å². The molecule has 0 radical (unpaired) electrons. The molecule has 3 rings (SSSR count). The third-order valence-corrected chi connectivity index (χ3v) is 5.50. The molecule has 1 aromatic carbocycles.